The second kappa shape index (κ2) is 5.87. The maximum Gasteiger partial charge on any atom is 0.326 e. The summed E-state index contributed by atoms with van der Waals surface area (Å²) in [6.07, 6.45) is 1.30. The van der Waals surface area contributed by atoms with Crippen LogP contribution < -0.4 is 10.5 Å². The molecule has 25 heavy (non-hydrogen) atoms. The molecule has 0 radical (unpaired) electrons. The Bertz CT molecular complexity index is 976. The van der Waals surface area contributed by atoms with E-state index in [0.717, 1.165) is 0 Å². The number of nitrogens with two attached hydrogens (primary N) is 1. The highest BCUT2D eigenvalue weighted by Gasteiger charge is 2.23. The number of benzene rings is 1. The number of hydrogen-bond donors (Lipinski definition) is 1. The van der Waals surface area contributed by atoms with Crippen molar-refractivity contribution >= 4 is 33.7 Å². The molecule has 0 fully saturated rings. The summed E-state index contributed by atoms with van der Waals surface area (Å²) in [4.78, 5) is 20.5. The fourth-order valence-corrected chi connectivity index (χ4v) is 2.81. The molecule has 132 valence electrons. The molecule has 0 bridgehead atoms. The third-order valence-corrected chi connectivity index (χ3v) is 3.62. The molecule has 7 nitrogen and oxygen atoms in total. The van der Waals surface area contributed by atoms with Crippen molar-refractivity contribution < 1.29 is 18.7 Å². The Balaban J connectivity index is 2.28. The summed E-state index contributed by atoms with van der Waals surface area (Å²) in [6.45, 7) is 5.24. The lowest BCUT2D eigenvalue weighted by Crippen LogP contribution is -2.26. The number of fused-ring (bicyclic) bond motifs is 3. The van der Waals surface area contributed by atoms with Crippen molar-refractivity contribution in [1.82, 2.24) is 14.5 Å². The second-order valence-corrected chi connectivity index (χ2v) is 6.63. The van der Waals surface area contributed by atoms with E-state index in [1.807, 2.05) is 0 Å². The molecule has 3 aromatic rings. The molecule has 3 rings (SSSR count). The van der Waals surface area contributed by atoms with E-state index in [4.69, 9.17) is 15.2 Å². The Morgan fingerprint density at radius 1 is 1.32 bits per heavy atom. The van der Waals surface area contributed by atoms with Crippen LogP contribution in [0.25, 0.3) is 21.9 Å². The molecule has 0 aliphatic carbocycles. The van der Waals surface area contributed by atoms with E-state index in [0.29, 0.717) is 21.9 Å². The van der Waals surface area contributed by atoms with Crippen LogP contribution in [0.1, 0.15) is 20.8 Å². The quantitative estimate of drug-likeness (QED) is 0.733. The van der Waals surface area contributed by atoms with Crippen LogP contribution in [-0.2, 0) is 16.1 Å². The summed E-state index contributed by atoms with van der Waals surface area (Å²) in [5, 5.41) is 0.951. The molecule has 0 atom stereocenters. The van der Waals surface area contributed by atoms with E-state index in [9.17, 15) is 9.18 Å². The van der Waals surface area contributed by atoms with Crippen LogP contribution in [0.4, 0.5) is 10.2 Å². The van der Waals surface area contributed by atoms with Gasteiger partial charge in [0.25, 0.3) is 0 Å². The normalized spacial score (nSPS) is 11.9. The third-order valence-electron chi connectivity index (χ3n) is 3.62. The summed E-state index contributed by atoms with van der Waals surface area (Å²) < 4.78 is 26.3. The number of aromatic nitrogens is 3. The number of ether oxygens (including phenoxy) is 2. The number of nitrogens with zero attached hydrogens (tertiary/aromatic N) is 3. The summed E-state index contributed by atoms with van der Waals surface area (Å²) in [5.41, 5.74) is 6.27. The van der Waals surface area contributed by atoms with Crippen LogP contribution >= 0.6 is 0 Å². The van der Waals surface area contributed by atoms with Gasteiger partial charge in [-0.3, -0.25) is 4.79 Å². The van der Waals surface area contributed by atoms with Gasteiger partial charge in [-0.05, 0) is 26.8 Å². The zero-order chi connectivity index (χ0) is 18.4. The van der Waals surface area contributed by atoms with Gasteiger partial charge in [0.2, 0.25) is 0 Å². The van der Waals surface area contributed by atoms with Gasteiger partial charge in [0.05, 0.1) is 18.0 Å². The monoisotopic (exact) mass is 346 g/mol. The van der Waals surface area contributed by atoms with E-state index in [1.54, 1.807) is 25.3 Å². The largest absolute Gasteiger partial charge is 0.494 e. The highest BCUT2D eigenvalue weighted by molar-refractivity contribution is 6.13. The summed E-state index contributed by atoms with van der Waals surface area (Å²) in [5.74, 6) is -0.458. The van der Waals surface area contributed by atoms with Crippen LogP contribution in [-0.4, -0.2) is 33.2 Å². The van der Waals surface area contributed by atoms with Crippen molar-refractivity contribution in [2.24, 2.45) is 0 Å². The van der Waals surface area contributed by atoms with E-state index >= 15 is 0 Å². The summed E-state index contributed by atoms with van der Waals surface area (Å²) in [7, 11) is 1.43. The zero-order valence-corrected chi connectivity index (χ0v) is 14.5. The number of esters is 1. The standard InChI is InChI=1S/C17H19FN4O3/c1-17(2,3)25-12(23)7-22-14-10(5-9(18)6-11(14)24-4)13-15(19)20-8-21-16(13)22/h5-6,8H,7H2,1-4H3,(H2,19,20,21). The molecule has 0 aliphatic heterocycles. The highest BCUT2D eigenvalue weighted by atomic mass is 19.1. The van der Waals surface area contributed by atoms with E-state index in [-0.39, 0.29) is 18.1 Å². The smallest absolute Gasteiger partial charge is 0.326 e. The molecule has 0 saturated heterocycles. The van der Waals surface area contributed by atoms with Gasteiger partial charge >= 0.3 is 5.97 Å². The average Bonchev–Trinajstić information content (AvgIpc) is 2.80. The second-order valence-electron chi connectivity index (χ2n) is 6.63. The highest BCUT2D eigenvalue weighted by Crippen LogP contribution is 2.36. The summed E-state index contributed by atoms with van der Waals surface area (Å²) in [6, 6.07) is 2.57. The molecule has 0 saturated carbocycles. The third kappa shape index (κ3) is 3.07. The molecule has 2 aromatic heterocycles. The molecule has 2 N–H and O–H groups in total. The minimum atomic E-state index is -0.625. The van der Waals surface area contributed by atoms with Crippen molar-refractivity contribution in [2.75, 3.05) is 12.8 Å². The number of methoxy groups -OCH3 is 1. The molecule has 8 heteroatoms. The minimum Gasteiger partial charge on any atom is -0.494 e. The predicted octanol–water partition coefficient (Wildman–Crippen LogP) is 2.66. The Labute approximate surface area is 143 Å². The number of nitrogen functional groups attached to an aromatic ring is 1. The zero-order valence-electron chi connectivity index (χ0n) is 14.5. The number of hydrogen-bond acceptors (Lipinski definition) is 6. The number of carbonyl (C=O) groups is 1. The molecule has 0 amide bonds. The minimum absolute atomic E-state index is 0.115. The molecular weight excluding hydrogens is 327 g/mol. The van der Waals surface area contributed by atoms with Gasteiger partial charge in [-0.1, -0.05) is 0 Å². The number of carbonyl (C=O) groups excluding carboxylic acids is 1. The molecule has 0 aliphatic rings. The maximum atomic E-state index is 14.0. The predicted molar refractivity (Wildman–Crippen MR) is 91.8 cm³/mol. The lowest BCUT2D eigenvalue weighted by atomic mass is 10.2. The van der Waals surface area contributed by atoms with Crippen LogP contribution in [0, 0.1) is 5.82 Å². The Kier molecular flexibility index (Phi) is 3.98. The fourth-order valence-electron chi connectivity index (χ4n) is 2.81. The van der Waals surface area contributed by atoms with Crippen molar-refractivity contribution in [1.29, 1.82) is 0 Å². The van der Waals surface area contributed by atoms with Gasteiger partial charge in [-0.25, -0.2) is 14.4 Å². The van der Waals surface area contributed by atoms with Crippen LogP contribution in [0.2, 0.25) is 0 Å². The summed E-state index contributed by atoms with van der Waals surface area (Å²) >= 11 is 0. The molecule has 1 aromatic carbocycles. The SMILES string of the molecule is COc1cc(F)cc2c3c(N)ncnc3n(CC(=O)OC(C)(C)C)c12. The molecule has 2 heterocycles. The van der Waals surface area contributed by atoms with E-state index < -0.39 is 17.4 Å². The fraction of sp³-hybridized carbons (Fsp3) is 0.353. The van der Waals surface area contributed by atoms with Crippen molar-refractivity contribution in [3.05, 3.63) is 24.3 Å². The van der Waals surface area contributed by atoms with Gasteiger partial charge in [-0.15, -0.1) is 0 Å². The molecular formula is C17H19FN4O3. The van der Waals surface area contributed by atoms with Crippen LogP contribution in [0.3, 0.4) is 0 Å². The van der Waals surface area contributed by atoms with E-state index in [1.165, 1.54) is 25.6 Å². The molecule has 0 spiro atoms. The van der Waals surface area contributed by atoms with Crippen molar-refractivity contribution in [3.8, 4) is 5.75 Å². The first-order valence-corrected chi connectivity index (χ1v) is 7.69. The average molecular weight is 346 g/mol. The number of rotatable bonds is 3. The number of halogens is 1. The maximum absolute atomic E-state index is 14.0. The van der Waals surface area contributed by atoms with E-state index in [2.05, 4.69) is 9.97 Å². The van der Waals surface area contributed by atoms with Gasteiger partial charge < -0.3 is 19.8 Å². The topological polar surface area (TPSA) is 92.3 Å². The van der Waals surface area contributed by atoms with Gasteiger partial charge in [-0.2, -0.15) is 0 Å². The lowest BCUT2D eigenvalue weighted by Gasteiger charge is -2.20. The van der Waals surface area contributed by atoms with Gasteiger partial charge in [0, 0.05) is 11.5 Å². The number of anilines is 1. The Hall–Kier alpha value is -2.90. The van der Waals surface area contributed by atoms with Crippen molar-refractivity contribution in [3.63, 3.8) is 0 Å². The first-order valence-electron chi connectivity index (χ1n) is 7.69. The van der Waals surface area contributed by atoms with Crippen LogP contribution in [0.15, 0.2) is 18.5 Å². The van der Waals surface area contributed by atoms with Crippen LogP contribution in [0.5, 0.6) is 5.75 Å². The molecule has 0 unspecified atom stereocenters. The first kappa shape index (κ1) is 16.9. The Morgan fingerprint density at radius 3 is 2.68 bits per heavy atom. The van der Waals surface area contributed by atoms with Gasteiger partial charge in [0.15, 0.2) is 0 Å². The van der Waals surface area contributed by atoms with Crippen molar-refractivity contribution in [2.45, 2.75) is 32.9 Å². The Morgan fingerprint density at radius 2 is 2.04 bits per heavy atom. The van der Waals surface area contributed by atoms with Gasteiger partial charge in [0.1, 0.15) is 41.5 Å². The lowest BCUT2D eigenvalue weighted by molar-refractivity contribution is -0.155. The first-order chi connectivity index (χ1) is 11.7.